The van der Waals surface area contributed by atoms with Crippen LogP contribution in [0.2, 0.25) is 0 Å². The molecule has 0 radical (unpaired) electrons. The summed E-state index contributed by atoms with van der Waals surface area (Å²) in [5.41, 5.74) is 5.77. The molecule has 1 aliphatic heterocycles. The largest absolute Gasteiger partial charge is 0.357 e. The molecule has 1 unspecified atom stereocenters. The molecule has 3 heteroatoms. The first-order chi connectivity index (χ1) is 6.27. The van der Waals surface area contributed by atoms with Crippen LogP contribution >= 0.6 is 0 Å². The fourth-order valence-electron chi connectivity index (χ4n) is 1.73. The van der Waals surface area contributed by atoms with Crippen molar-refractivity contribution in [1.82, 2.24) is 4.90 Å². The van der Waals surface area contributed by atoms with E-state index in [0.717, 1.165) is 19.5 Å². The van der Waals surface area contributed by atoms with Crippen LogP contribution in [0.25, 0.3) is 0 Å². The molecule has 0 spiro atoms. The number of hydrogen-bond donors (Lipinski definition) is 1. The topological polar surface area (TPSA) is 41.6 Å². The minimum absolute atomic E-state index is 0.0246. The van der Waals surface area contributed by atoms with Gasteiger partial charge in [-0.05, 0) is 6.42 Å². The van der Waals surface area contributed by atoms with Crippen LogP contribution in [-0.4, -0.2) is 30.0 Å². The van der Waals surface area contributed by atoms with E-state index in [0.29, 0.717) is 0 Å². The summed E-state index contributed by atoms with van der Waals surface area (Å²) in [5.74, 6) is 1.20. The van der Waals surface area contributed by atoms with Gasteiger partial charge in [0.1, 0.15) is 12.0 Å². The summed E-state index contributed by atoms with van der Waals surface area (Å²) in [4.78, 5) is 6.72. The van der Waals surface area contributed by atoms with Crippen molar-refractivity contribution < 1.29 is 0 Å². The zero-order valence-electron chi connectivity index (χ0n) is 8.79. The Kier molecular flexibility index (Phi) is 4.22. The first kappa shape index (κ1) is 10.5. The third-order valence-electron chi connectivity index (χ3n) is 2.44. The van der Waals surface area contributed by atoms with Crippen LogP contribution in [-0.2, 0) is 0 Å². The fourth-order valence-corrected chi connectivity index (χ4v) is 1.73. The van der Waals surface area contributed by atoms with Gasteiger partial charge in [-0.25, -0.2) is 0 Å². The van der Waals surface area contributed by atoms with Gasteiger partial charge in [0.15, 0.2) is 0 Å². The van der Waals surface area contributed by atoms with Crippen LogP contribution in [0, 0.1) is 0 Å². The summed E-state index contributed by atoms with van der Waals surface area (Å²) in [5, 5.41) is 0. The molecule has 0 amide bonds. The zero-order valence-corrected chi connectivity index (χ0v) is 8.79. The van der Waals surface area contributed by atoms with Gasteiger partial charge in [-0.1, -0.05) is 26.7 Å². The fraction of sp³-hybridized carbons (Fsp3) is 0.900. The molecule has 0 saturated carbocycles. The van der Waals surface area contributed by atoms with Crippen molar-refractivity contribution in [3.05, 3.63) is 0 Å². The number of aliphatic imine (C=N–C) groups is 1. The van der Waals surface area contributed by atoms with Crippen molar-refractivity contribution in [1.29, 1.82) is 0 Å². The second-order valence-corrected chi connectivity index (χ2v) is 3.62. The molecule has 1 heterocycles. The Hall–Kier alpha value is -0.570. The van der Waals surface area contributed by atoms with Crippen LogP contribution in [0.3, 0.4) is 0 Å². The Labute approximate surface area is 81.0 Å². The summed E-state index contributed by atoms with van der Waals surface area (Å²) >= 11 is 0. The molecule has 76 valence electrons. The van der Waals surface area contributed by atoms with Gasteiger partial charge < -0.3 is 10.6 Å². The highest BCUT2D eigenvalue weighted by Gasteiger charge is 2.19. The maximum absolute atomic E-state index is 5.77. The summed E-state index contributed by atoms with van der Waals surface area (Å²) < 4.78 is 0. The standard InChI is InChI=1S/C10H21N3/c1-3-5-6-7-13-8-9(11)12-10(13)4-2/h9H,3-8,11H2,1-2H3. The van der Waals surface area contributed by atoms with Crippen LogP contribution in [0.4, 0.5) is 0 Å². The van der Waals surface area contributed by atoms with E-state index in [9.17, 15) is 0 Å². The molecule has 13 heavy (non-hydrogen) atoms. The van der Waals surface area contributed by atoms with Gasteiger partial charge >= 0.3 is 0 Å². The van der Waals surface area contributed by atoms with Crippen LogP contribution in [0.15, 0.2) is 4.99 Å². The van der Waals surface area contributed by atoms with Gasteiger partial charge in [0.05, 0.1) is 6.54 Å². The molecule has 0 aromatic carbocycles. The molecule has 0 saturated heterocycles. The summed E-state index contributed by atoms with van der Waals surface area (Å²) in [7, 11) is 0. The Balaban J connectivity index is 2.30. The Morgan fingerprint density at radius 1 is 1.46 bits per heavy atom. The molecular formula is C10H21N3. The summed E-state index contributed by atoms with van der Waals surface area (Å²) in [6.07, 6.45) is 4.89. The van der Waals surface area contributed by atoms with Gasteiger partial charge in [-0.2, -0.15) is 0 Å². The van der Waals surface area contributed by atoms with Gasteiger partial charge in [-0.3, -0.25) is 4.99 Å². The second-order valence-electron chi connectivity index (χ2n) is 3.62. The van der Waals surface area contributed by atoms with Gasteiger partial charge in [0.2, 0.25) is 0 Å². The van der Waals surface area contributed by atoms with Crippen molar-refractivity contribution >= 4 is 5.84 Å². The highest BCUT2D eigenvalue weighted by molar-refractivity contribution is 5.83. The quantitative estimate of drug-likeness (QED) is 0.658. The SMILES string of the molecule is CCCCCN1CC(N)N=C1CC. The van der Waals surface area contributed by atoms with Crippen molar-refractivity contribution in [2.75, 3.05) is 13.1 Å². The van der Waals surface area contributed by atoms with E-state index in [4.69, 9.17) is 5.73 Å². The Morgan fingerprint density at radius 3 is 2.85 bits per heavy atom. The smallest absolute Gasteiger partial charge is 0.117 e. The first-order valence-electron chi connectivity index (χ1n) is 5.35. The highest BCUT2D eigenvalue weighted by Crippen LogP contribution is 2.09. The molecule has 0 fully saturated rings. The molecular weight excluding hydrogens is 162 g/mol. The predicted octanol–water partition coefficient (Wildman–Crippen LogP) is 1.59. The molecule has 1 rings (SSSR count). The molecule has 0 aliphatic carbocycles. The normalized spacial score (nSPS) is 22.2. The molecule has 1 atom stereocenters. The average molecular weight is 183 g/mol. The monoisotopic (exact) mass is 183 g/mol. The zero-order chi connectivity index (χ0) is 9.68. The van der Waals surface area contributed by atoms with E-state index in [2.05, 4.69) is 23.7 Å². The Bertz CT molecular complexity index is 177. The number of nitrogens with two attached hydrogens (primary N) is 1. The van der Waals surface area contributed by atoms with E-state index in [1.54, 1.807) is 0 Å². The lowest BCUT2D eigenvalue weighted by atomic mass is 10.2. The van der Waals surface area contributed by atoms with Crippen molar-refractivity contribution in [3.8, 4) is 0 Å². The molecule has 1 aliphatic rings. The summed E-state index contributed by atoms with van der Waals surface area (Å²) in [6, 6.07) is 0. The minimum Gasteiger partial charge on any atom is -0.357 e. The molecule has 2 N–H and O–H groups in total. The maximum Gasteiger partial charge on any atom is 0.117 e. The van der Waals surface area contributed by atoms with E-state index >= 15 is 0 Å². The van der Waals surface area contributed by atoms with Gasteiger partial charge in [-0.15, -0.1) is 0 Å². The van der Waals surface area contributed by atoms with Crippen molar-refractivity contribution in [2.45, 2.75) is 45.7 Å². The molecule has 0 bridgehead atoms. The van der Waals surface area contributed by atoms with E-state index in [1.807, 2.05) is 0 Å². The summed E-state index contributed by atoms with van der Waals surface area (Å²) in [6.45, 7) is 6.43. The second kappa shape index (κ2) is 5.22. The average Bonchev–Trinajstić information content (AvgIpc) is 2.47. The lowest BCUT2D eigenvalue weighted by Gasteiger charge is -2.19. The number of unbranched alkanes of at least 4 members (excludes halogenated alkanes) is 2. The van der Waals surface area contributed by atoms with Gasteiger partial charge in [0, 0.05) is 13.0 Å². The first-order valence-corrected chi connectivity index (χ1v) is 5.35. The number of amidine groups is 1. The molecule has 0 aromatic rings. The third kappa shape index (κ3) is 2.99. The molecule has 0 aromatic heterocycles. The van der Waals surface area contributed by atoms with Crippen LogP contribution in [0.1, 0.15) is 39.5 Å². The van der Waals surface area contributed by atoms with E-state index in [-0.39, 0.29) is 6.17 Å². The van der Waals surface area contributed by atoms with Crippen LogP contribution in [0.5, 0.6) is 0 Å². The third-order valence-corrected chi connectivity index (χ3v) is 2.44. The number of rotatable bonds is 5. The number of nitrogens with zero attached hydrogens (tertiary/aromatic N) is 2. The lowest BCUT2D eigenvalue weighted by Crippen LogP contribution is -2.32. The minimum atomic E-state index is 0.0246. The van der Waals surface area contributed by atoms with Crippen molar-refractivity contribution in [3.63, 3.8) is 0 Å². The highest BCUT2D eigenvalue weighted by atomic mass is 15.3. The number of hydrogen-bond acceptors (Lipinski definition) is 3. The van der Waals surface area contributed by atoms with E-state index in [1.165, 1.54) is 25.1 Å². The van der Waals surface area contributed by atoms with Gasteiger partial charge in [0.25, 0.3) is 0 Å². The Morgan fingerprint density at radius 2 is 2.23 bits per heavy atom. The van der Waals surface area contributed by atoms with Crippen molar-refractivity contribution in [2.24, 2.45) is 10.7 Å². The maximum atomic E-state index is 5.77. The van der Waals surface area contributed by atoms with Crippen LogP contribution < -0.4 is 5.73 Å². The van der Waals surface area contributed by atoms with E-state index < -0.39 is 0 Å². The molecule has 3 nitrogen and oxygen atoms in total. The predicted molar refractivity (Wildman–Crippen MR) is 56.8 cm³/mol. The lowest BCUT2D eigenvalue weighted by molar-refractivity contribution is 0.406.